The Bertz CT molecular complexity index is 499. The van der Waals surface area contributed by atoms with E-state index in [2.05, 4.69) is 5.32 Å². The van der Waals surface area contributed by atoms with Gasteiger partial charge in [-0.2, -0.15) is 0 Å². The zero-order valence-electron chi connectivity index (χ0n) is 11.3. The predicted octanol–water partition coefficient (Wildman–Crippen LogP) is 1.18. The lowest BCUT2D eigenvalue weighted by Gasteiger charge is -2.37. The molecule has 1 heterocycles. The molecule has 0 saturated carbocycles. The molecule has 0 aromatic heterocycles. The van der Waals surface area contributed by atoms with Crippen LogP contribution in [0.3, 0.4) is 0 Å². The van der Waals surface area contributed by atoms with E-state index in [9.17, 15) is 9.59 Å². The predicted molar refractivity (Wildman–Crippen MR) is 72.1 cm³/mol. The molecule has 0 radical (unpaired) electrons. The summed E-state index contributed by atoms with van der Waals surface area (Å²) < 4.78 is 5.16. The molecule has 2 amide bonds. The lowest BCUT2D eigenvalue weighted by molar-refractivity contribution is -0.131. The number of methoxy groups -OCH3 is 1. The van der Waals surface area contributed by atoms with Crippen LogP contribution in [0, 0.1) is 5.92 Å². The first-order valence-corrected chi connectivity index (χ1v) is 6.28. The Morgan fingerprint density at radius 3 is 2.74 bits per heavy atom. The molecule has 1 aliphatic heterocycles. The van der Waals surface area contributed by atoms with Crippen LogP contribution in [0.4, 0.5) is 5.69 Å². The Morgan fingerprint density at radius 1 is 1.37 bits per heavy atom. The van der Waals surface area contributed by atoms with Crippen LogP contribution in [0.25, 0.3) is 0 Å². The zero-order chi connectivity index (χ0) is 14.0. The fourth-order valence-electron chi connectivity index (χ4n) is 2.29. The maximum atomic E-state index is 12.1. The van der Waals surface area contributed by atoms with Crippen molar-refractivity contribution in [2.24, 2.45) is 5.92 Å². The lowest BCUT2D eigenvalue weighted by atomic mass is 9.98. The van der Waals surface area contributed by atoms with Gasteiger partial charge in [0, 0.05) is 11.8 Å². The summed E-state index contributed by atoms with van der Waals surface area (Å²) in [6, 6.07) is 6.72. The van der Waals surface area contributed by atoms with E-state index >= 15 is 0 Å². The van der Waals surface area contributed by atoms with Crippen molar-refractivity contribution in [1.82, 2.24) is 5.32 Å². The van der Waals surface area contributed by atoms with Crippen molar-refractivity contribution in [2.45, 2.75) is 19.9 Å². The van der Waals surface area contributed by atoms with E-state index < -0.39 is 6.04 Å². The minimum absolute atomic E-state index is 0.0375. The average Bonchev–Trinajstić information content (AvgIpc) is 2.40. The van der Waals surface area contributed by atoms with Gasteiger partial charge in [-0.25, -0.2) is 0 Å². The van der Waals surface area contributed by atoms with Gasteiger partial charge in [0.1, 0.15) is 11.8 Å². The number of ether oxygens (including phenoxy) is 1. The Kier molecular flexibility index (Phi) is 3.74. The van der Waals surface area contributed by atoms with Crippen LogP contribution >= 0.6 is 0 Å². The second-order valence-electron chi connectivity index (χ2n) is 4.87. The normalized spacial score (nSPS) is 19.6. The summed E-state index contributed by atoms with van der Waals surface area (Å²) in [5.74, 6) is 0.484. The average molecular weight is 262 g/mol. The van der Waals surface area contributed by atoms with Gasteiger partial charge in [-0.1, -0.05) is 19.9 Å². The number of carbonyl (C=O) groups excluding carboxylic acids is 2. The van der Waals surface area contributed by atoms with Gasteiger partial charge < -0.3 is 10.1 Å². The van der Waals surface area contributed by atoms with Gasteiger partial charge >= 0.3 is 0 Å². The molecule has 19 heavy (non-hydrogen) atoms. The topological polar surface area (TPSA) is 58.6 Å². The highest BCUT2D eigenvalue weighted by molar-refractivity contribution is 6.06. The van der Waals surface area contributed by atoms with Gasteiger partial charge in [-0.3, -0.25) is 14.5 Å². The Morgan fingerprint density at radius 2 is 2.11 bits per heavy atom. The van der Waals surface area contributed by atoms with Crippen molar-refractivity contribution < 1.29 is 14.3 Å². The summed E-state index contributed by atoms with van der Waals surface area (Å²) in [6.45, 7) is 3.89. The summed E-state index contributed by atoms with van der Waals surface area (Å²) in [6.07, 6.45) is 0. The molecule has 5 nitrogen and oxygen atoms in total. The molecule has 102 valence electrons. The number of hydrogen-bond acceptors (Lipinski definition) is 3. The van der Waals surface area contributed by atoms with Crippen LogP contribution < -0.4 is 15.0 Å². The zero-order valence-corrected chi connectivity index (χ0v) is 11.3. The van der Waals surface area contributed by atoms with Crippen LogP contribution in [0.2, 0.25) is 0 Å². The Balaban J connectivity index is 2.42. The molecule has 1 N–H and O–H groups in total. The summed E-state index contributed by atoms with van der Waals surface area (Å²) in [5.41, 5.74) is 0.693. The van der Waals surface area contributed by atoms with Gasteiger partial charge in [0.05, 0.1) is 13.7 Å². The minimum atomic E-state index is -0.478. The maximum Gasteiger partial charge on any atom is 0.247 e. The molecular weight excluding hydrogens is 244 g/mol. The van der Waals surface area contributed by atoms with Gasteiger partial charge in [0.25, 0.3) is 0 Å². The third kappa shape index (κ3) is 2.54. The van der Waals surface area contributed by atoms with Crippen molar-refractivity contribution in [3.63, 3.8) is 0 Å². The third-order valence-electron chi connectivity index (χ3n) is 3.19. The van der Waals surface area contributed by atoms with E-state index in [1.54, 1.807) is 18.1 Å². The van der Waals surface area contributed by atoms with E-state index in [4.69, 9.17) is 4.74 Å². The molecule has 1 aromatic carbocycles. The number of hydrogen-bond donors (Lipinski definition) is 1. The van der Waals surface area contributed by atoms with Gasteiger partial charge in [-0.05, 0) is 18.1 Å². The largest absolute Gasteiger partial charge is 0.497 e. The summed E-state index contributed by atoms with van der Waals surface area (Å²) in [5, 5.41) is 2.63. The molecular formula is C14H18N2O3. The van der Waals surface area contributed by atoms with Crippen LogP contribution in [0.15, 0.2) is 24.3 Å². The monoisotopic (exact) mass is 262 g/mol. The molecule has 1 aliphatic rings. The van der Waals surface area contributed by atoms with Crippen molar-refractivity contribution in [3.8, 4) is 5.75 Å². The van der Waals surface area contributed by atoms with Crippen molar-refractivity contribution in [3.05, 3.63) is 24.3 Å². The van der Waals surface area contributed by atoms with Crippen LogP contribution in [-0.2, 0) is 9.59 Å². The van der Waals surface area contributed by atoms with Crippen LogP contribution in [-0.4, -0.2) is 31.5 Å². The Hall–Kier alpha value is -2.04. The van der Waals surface area contributed by atoms with E-state index in [0.717, 1.165) is 0 Å². The number of rotatable bonds is 3. The highest BCUT2D eigenvalue weighted by Crippen LogP contribution is 2.26. The first-order chi connectivity index (χ1) is 9.04. The molecule has 2 rings (SSSR count). The second-order valence-corrected chi connectivity index (χ2v) is 4.87. The van der Waals surface area contributed by atoms with Gasteiger partial charge in [0.2, 0.25) is 11.8 Å². The summed E-state index contributed by atoms with van der Waals surface area (Å²) in [4.78, 5) is 25.7. The molecule has 0 aliphatic carbocycles. The standard InChI is InChI=1S/C14H18N2O3/c1-9(2)13-14(18)15-8-12(17)16(13)10-5-4-6-11(7-10)19-3/h4-7,9,13H,8H2,1-3H3,(H,15,18). The number of benzene rings is 1. The van der Waals surface area contributed by atoms with Crippen molar-refractivity contribution >= 4 is 17.5 Å². The van der Waals surface area contributed by atoms with Crippen molar-refractivity contribution in [2.75, 3.05) is 18.6 Å². The molecule has 1 unspecified atom stereocenters. The smallest absolute Gasteiger partial charge is 0.247 e. The SMILES string of the molecule is COc1cccc(N2C(=O)CNC(=O)C2C(C)C)c1. The molecule has 5 heteroatoms. The summed E-state index contributed by atoms with van der Waals surface area (Å²) >= 11 is 0. The number of nitrogens with one attached hydrogen (secondary N) is 1. The maximum absolute atomic E-state index is 12.1. The number of nitrogens with zero attached hydrogens (tertiary/aromatic N) is 1. The van der Waals surface area contributed by atoms with Gasteiger partial charge in [-0.15, -0.1) is 0 Å². The number of anilines is 1. The number of piperazine rings is 1. The molecule has 0 bridgehead atoms. The molecule has 0 spiro atoms. The molecule has 1 atom stereocenters. The van der Waals surface area contributed by atoms with Crippen LogP contribution in [0.5, 0.6) is 5.75 Å². The first-order valence-electron chi connectivity index (χ1n) is 6.28. The van der Waals surface area contributed by atoms with Crippen molar-refractivity contribution in [1.29, 1.82) is 0 Å². The number of amides is 2. The van der Waals surface area contributed by atoms with E-state index in [-0.39, 0.29) is 24.3 Å². The quantitative estimate of drug-likeness (QED) is 0.890. The fourth-order valence-corrected chi connectivity index (χ4v) is 2.29. The van der Waals surface area contributed by atoms with E-state index in [0.29, 0.717) is 11.4 Å². The second kappa shape index (κ2) is 5.30. The number of carbonyl (C=O) groups is 2. The first kappa shape index (κ1) is 13.4. The molecule has 1 fully saturated rings. The highest BCUT2D eigenvalue weighted by atomic mass is 16.5. The third-order valence-corrected chi connectivity index (χ3v) is 3.19. The van der Waals surface area contributed by atoms with E-state index in [1.165, 1.54) is 0 Å². The molecule has 1 aromatic rings. The Labute approximate surface area is 112 Å². The molecule has 1 saturated heterocycles. The minimum Gasteiger partial charge on any atom is -0.497 e. The van der Waals surface area contributed by atoms with Gasteiger partial charge in [0.15, 0.2) is 0 Å². The summed E-state index contributed by atoms with van der Waals surface area (Å²) in [7, 11) is 1.57. The lowest BCUT2D eigenvalue weighted by Crippen LogP contribution is -2.60. The van der Waals surface area contributed by atoms with Crippen LogP contribution in [0.1, 0.15) is 13.8 Å². The fraction of sp³-hybridized carbons (Fsp3) is 0.429. The highest BCUT2D eigenvalue weighted by Gasteiger charge is 2.37. The van der Waals surface area contributed by atoms with E-state index in [1.807, 2.05) is 32.0 Å².